The summed E-state index contributed by atoms with van der Waals surface area (Å²) >= 11 is 0. The second kappa shape index (κ2) is 6.89. The topological polar surface area (TPSA) is 61.5 Å². The summed E-state index contributed by atoms with van der Waals surface area (Å²) in [6.07, 6.45) is 2.04. The second-order valence-electron chi connectivity index (χ2n) is 4.60. The number of rotatable bonds is 6. The zero-order chi connectivity index (χ0) is 13.5. The van der Waals surface area contributed by atoms with E-state index < -0.39 is 5.97 Å². The summed E-state index contributed by atoms with van der Waals surface area (Å²) in [6.45, 7) is 4.91. The van der Waals surface area contributed by atoms with E-state index in [1.165, 1.54) is 7.11 Å². The molecule has 18 heavy (non-hydrogen) atoms. The number of carbonyl (C=O) groups is 1. The summed E-state index contributed by atoms with van der Waals surface area (Å²) in [5.74, 6) is 0.673. The second-order valence-corrected chi connectivity index (χ2v) is 4.60. The lowest BCUT2D eigenvalue weighted by Gasteiger charge is -2.12. The van der Waals surface area contributed by atoms with Gasteiger partial charge in [-0.3, -0.25) is 0 Å². The molecule has 0 aliphatic heterocycles. The Hall–Kier alpha value is -1.71. The Labute approximate surface area is 108 Å². The minimum Gasteiger partial charge on any atom is -0.493 e. The fraction of sp³-hybridized carbons (Fsp3) is 0.500. The van der Waals surface area contributed by atoms with Crippen molar-refractivity contribution in [2.45, 2.75) is 26.7 Å². The number of ether oxygens (including phenoxy) is 2. The lowest BCUT2D eigenvalue weighted by atomic mass is 10.1. The van der Waals surface area contributed by atoms with Crippen molar-refractivity contribution >= 4 is 11.7 Å². The van der Waals surface area contributed by atoms with Crippen LogP contribution in [0.2, 0.25) is 0 Å². The van der Waals surface area contributed by atoms with Crippen LogP contribution in [0.15, 0.2) is 18.2 Å². The van der Waals surface area contributed by atoms with E-state index in [0.717, 1.165) is 12.8 Å². The predicted octanol–water partition coefficient (Wildman–Crippen LogP) is 2.87. The number of benzene rings is 1. The van der Waals surface area contributed by atoms with Gasteiger partial charge in [-0.25, -0.2) is 4.79 Å². The highest BCUT2D eigenvalue weighted by atomic mass is 16.5. The molecule has 0 bridgehead atoms. The van der Waals surface area contributed by atoms with E-state index in [4.69, 9.17) is 15.2 Å². The molecule has 0 aliphatic carbocycles. The molecule has 1 aromatic carbocycles. The fourth-order valence-electron chi connectivity index (χ4n) is 1.66. The number of hydrogen-bond acceptors (Lipinski definition) is 4. The van der Waals surface area contributed by atoms with Gasteiger partial charge in [0.15, 0.2) is 0 Å². The average molecular weight is 251 g/mol. The van der Waals surface area contributed by atoms with Gasteiger partial charge in [0.2, 0.25) is 0 Å². The van der Waals surface area contributed by atoms with Crippen LogP contribution in [0.25, 0.3) is 0 Å². The molecule has 1 rings (SSSR count). The maximum absolute atomic E-state index is 11.6. The smallest absolute Gasteiger partial charge is 0.343 e. The van der Waals surface area contributed by atoms with E-state index in [9.17, 15) is 4.79 Å². The molecule has 0 amide bonds. The summed E-state index contributed by atoms with van der Waals surface area (Å²) in [7, 11) is 1.33. The van der Waals surface area contributed by atoms with Crippen LogP contribution in [-0.2, 0) is 4.74 Å². The Morgan fingerprint density at radius 2 is 2.11 bits per heavy atom. The van der Waals surface area contributed by atoms with Crippen LogP contribution in [0.1, 0.15) is 37.0 Å². The number of nitrogens with two attached hydrogens (primary N) is 1. The van der Waals surface area contributed by atoms with Gasteiger partial charge in [0, 0.05) is 5.69 Å². The Morgan fingerprint density at radius 3 is 2.72 bits per heavy atom. The Bertz CT molecular complexity index is 402. The molecule has 0 saturated heterocycles. The molecule has 0 radical (unpaired) electrons. The molecular weight excluding hydrogens is 230 g/mol. The molecule has 0 saturated carbocycles. The summed E-state index contributed by atoms with van der Waals surface area (Å²) in [5, 5.41) is 0. The molecule has 0 fully saturated rings. The van der Waals surface area contributed by atoms with E-state index in [0.29, 0.717) is 29.5 Å². The van der Waals surface area contributed by atoms with Gasteiger partial charge in [0.25, 0.3) is 0 Å². The molecule has 0 aliphatic rings. The van der Waals surface area contributed by atoms with Crippen LogP contribution in [0.4, 0.5) is 5.69 Å². The number of hydrogen-bond donors (Lipinski definition) is 1. The molecule has 4 nitrogen and oxygen atoms in total. The predicted molar refractivity (Wildman–Crippen MR) is 71.8 cm³/mol. The fourth-order valence-corrected chi connectivity index (χ4v) is 1.66. The summed E-state index contributed by atoms with van der Waals surface area (Å²) in [6, 6.07) is 5.16. The van der Waals surface area contributed by atoms with Crippen molar-refractivity contribution < 1.29 is 14.3 Å². The van der Waals surface area contributed by atoms with Crippen LogP contribution in [0.5, 0.6) is 5.75 Å². The largest absolute Gasteiger partial charge is 0.493 e. The maximum atomic E-state index is 11.6. The lowest BCUT2D eigenvalue weighted by molar-refractivity contribution is 0.0597. The van der Waals surface area contributed by atoms with Crippen molar-refractivity contribution in [3.63, 3.8) is 0 Å². The van der Waals surface area contributed by atoms with Crippen LogP contribution >= 0.6 is 0 Å². The van der Waals surface area contributed by atoms with Gasteiger partial charge >= 0.3 is 5.97 Å². The van der Waals surface area contributed by atoms with Crippen molar-refractivity contribution in [1.29, 1.82) is 0 Å². The normalized spacial score (nSPS) is 10.4. The van der Waals surface area contributed by atoms with Crippen LogP contribution in [0.3, 0.4) is 0 Å². The number of anilines is 1. The third kappa shape index (κ3) is 3.95. The quantitative estimate of drug-likeness (QED) is 0.480. The molecule has 2 N–H and O–H groups in total. The third-order valence-electron chi connectivity index (χ3n) is 2.63. The molecule has 0 spiro atoms. The molecule has 0 aromatic heterocycles. The average Bonchev–Trinajstić information content (AvgIpc) is 2.33. The molecule has 100 valence electrons. The summed E-state index contributed by atoms with van der Waals surface area (Å²) in [5.41, 5.74) is 6.46. The molecule has 0 atom stereocenters. The van der Waals surface area contributed by atoms with Crippen molar-refractivity contribution in [3.8, 4) is 5.75 Å². The molecule has 0 unspecified atom stereocenters. The summed E-state index contributed by atoms with van der Waals surface area (Å²) in [4.78, 5) is 11.6. The first-order valence-corrected chi connectivity index (χ1v) is 6.15. The standard InChI is InChI=1S/C14H21NO3/c1-10(2)6-5-9-18-12-8-4-7-11(15)13(12)14(16)17-3/h4,7-8,10H,5-6,9,15H2,1-3H3. The van der Waals surface area contributed by atoms with Gasteiger partial charge in [-0.05, 0) is 30.9 Å². The highest BCUT2D eigenvalue weighted by Crippen LogP contribution is 2.25. The Morgan fingerprint density at radius 1 is 1.39 bits per heavy atom. The number of methoxy groups -OCH3 is 1. The highest BCUT2D eigenvalue weighted by molar-refractivity contribution is 5.98. The van der Waals surface area contributed by atoms with Gasteiger partial charge < -0.3 is 15.2 Å². The maximum Gasteiger partial charge on any atom is 0.343 e. The first-order valence-electron chi connectivity index (χ1n) is 6.15. The van der Waals surface area contributed by atoms with Crippen LogP contribution in [-0.4, -0.2) is 19.7 Å². The van der Waals surface area contributed by atoms with E-state index in [-0.39, 0.29) is 0 Å². The van der Waals surface area contributed by atoms with Gasteiger partial charge in [0.05, 0.1) is 13.7 Å². The monoisotopic (exact) mass is 251 g/mol. The molecular formula is C14H21NO3. The van der Waals surface area contributed by atoms with Crippen LogP contribution in [0, 0.1) is 5.92 Å². The molecule has 0 heterocycles. The molecule has 4 heteroatoms. The summed E-state index contributed by atoms with van der Waals surface area (Å²) < 4.78 is 10.3. The Balaban J connectivity index is 2.70. The van der Waals surface area contributed by atoms with Gasteiger partial charge in [0.1, 0.15) is 11.3 Å². The Kier molecular flexibility index (Phi) is 5.49. The number of carbonyl (C=O) groups excluding carboxylic acids is 1. The van der Waals surface area contributed by atoms with Crippen LogP contribution < -0.4 is 10.5 Å². The minimum absolute atomic E-state index is 0.310. The third-order valence-corrected chi connectivity index (χ3v) is 2.63. The number of nitrogen functional groups attached to an aromatic ring is 1. The van der Waals surface area contributed by atoms with Crippen molar-refractivity contribution in [3.05, 3.63) is 23.8 Å². The van der Waals surface area contributed by atoms with Crippen molar-refractivity contribution in [1.82, 2.24) is 0 Å². The van der Waals surface area contributed by atoms with Gasteiger partial charge in [-0.15, -0.1) is 0 Å². The highest BCUT2D eigenvalue weighted by Gasteiger charge is 2.16. The zero-order valence-electron chi connectivity index (χ0n) is 11.2. The van der Waals surface area contributed by atoms with Gasteiger partial charge in [-0.1, -0.05) is 19.9 Å². The van der Waals surface area contributed by atoms with Crippen molar-refractivity contribution in [2.75, 3.05) is 19.5 Å². The zero-order valence-corrected chi connectivity index (χ0v) is 11.2. The first-order chi connectivity index (χ1) is 8.56. The SMILES string of the molecule is COC(=O)c1c(N)cccc1OCCCC(C)C. The lowest BCUT2D eigenvalue weighted by Crippen LogP contribution is -2.10. The minimum atomic E-state index is -0.466. The van der Waals surface area contributed by atoms with E-state index in [1.54, 1.807) is 18.2 Å². The van der Waals surface area contributed by atoms with E-state index in [1.807, 2.05) is 0 Å². The molecule has 1 aromatic rings. The van der Waals surface area contributed by atoms with Gasteiger partial charge in [-0.2, -0.15) is 0 Å². The van der Waals surface area contributed by atoms with E-state index in [2.05, 4.69) is 13.8 Å². The van der Waals surface area contributed by atoms with E-state index >= 15 is 0 Å². The van der Waals surface area contributed by atoms with Crippen molar-refractivity contribution in [2.24, 2.45) is 5.92 Å². The first kappa shape index (κ1) is 14.4. The number of esters is 1.